The van der Waals surface area contributed by atoms with E-state index in [1.165, 1.54) is 11.3 Å². The Balaban J connectivity index is 2.00. The van der Waals surface area contributed by atoms with Crippen molar-refractivity contribution in [3.05, 3.63) is 74.2 Å². The molecule has 0 aliphatic carbocycles. The molecule has 0 amide bonds. The van der Waals surface area contributed by atoms with Crippen molar-refractivity contribution in [2.45, 2.75) is 6.92 Å². The van der Waals surface area contributed by atoms with E-state index >= 15 is 0 Å². The minimum absolute atomic E-state index is 0.477. The quantitative estimate of drug-likeness (QED) is 0.624. The number of aryl methyl sites for hydroxylation is 1. The molecule has 0 atom stereocenters. The van der Waals surface area contributed by atoms with Gasteiger partial charge in [0.1, 0.15) is 0 Å². The molecule has 1 aromatic carbocycles. The smallest absolute Gasteiger partial charge is 0.211 e. The second-order valence-corrected chi connectivity index (χ2v) is 6.33. The molecule has 0 bridgehead atoms. The summed E-state index contributed by atoms with van der Waals surface area (Å²) in [6, 6.07) is 10.9. The Morgan fingerprint density at radius 1 is 1.17 bits per heavy atom. The summed E-state index contributed by atoms with van der Waals surface area (Å²) in [6.45, 7) is 1.97. The van der Waals surface area contributed by atoms with E-state index < -0.39 is 0 Å². The summed E-state index contributed by atoms with van der Waals surface area (Å²) >= 11 is 13.5. The molecule has 0 radical (unpaired) electrons. The third-order valence-electron chi connectivity index (χ3n) is 2.97. The van der Waals surface area contributed by atoms with Crippen LogP contribution in [0.5, 0.6) is 0 Å². The van der Waals surface area contributed by atoms with Crippen molar-refractivity contribution in [3.8, 4) is 0 Å². The molecule has 0 aliphatic rings. The largest absolute Gasteiger partial charge is 0.255 e. The molecular weight excluding hydrogens is 351 g/mol. The number of benzene rings is 1. The SMILES string of the molecule is Cc1csc(=Nc2ccc(Cl)c(Cl)c2)n1/N=C\c1ccccn1. The maximum absolute atomic E-state index is 6.03. The molecule has 116 valence electrons. The summed E-state index contributed by atoms with van der Waals surface area (Å²) in [5, 5.41) is 7.44. The van der Waals surface area contributed by atoms with Crippen LogP contribution in [-0.2, 0) is 0 Å². The third-order valence-corrected chi connectivity index (χ3v) is 4.64. The van der Waals surface area contributed by atoms with Crippen LogP contribution < -0.4 is 4.80 Å². The van der Waals surface area contributed by atoms with E-state index in [1.807, 2.05) is 36.6 Å². The van der Waals surface area contributed by atoms with Crippen LogP contribution in [0.2, 0.25) is 10.0 Å². The second kappa shape index (κ2) is 7.08. The van der Waals surface area contributed by atoms with Crippen LogP contribution >= 0.6 is 34.5 Å². The van der Waals surface area contributed by atoms with Crippen LogP contribution in [0.4, 0.5) is 5.69 Å². The molecule has 0 N–H and O–H groups in total. The summed E-state index contributed by atoms with van der Waals surface area (Å²) < 4.78 is 1.77. The molecule has 3 rings (SSSR count). The van der Waals surface area contributed by atoms with Crippen molar-refractivity contribution in [2.75, 3.05) is 0 Å². The second-order valence-electron chi connectivity index (χ2n) is 4.68. The first kappa shape index (κ1) is 15.9. The number of nitrogens with zero attached hydrogens (tertiary/aromatic N) is 4. The maximum atomic E-state index is 6.03. The number of thiazole rings is 1. The Labute approximate surface area is 147 Å². The average Bonchev–Trinajstić information content (AvgIpc) is 2.90. The van der Waals surface area contributed by atoms with Gasteiger partial charge in [0.05, 0.1) is 33.3 Å². The van der Waals surface area contributed by atoms with E-state index in [4.69, 9.17) is 23.2 Å². The van der Waals surface area contributed by atoms with Crippen molar-refractivity contribution < 1.29 is 0 Å². The zero-order valence-electron chi connectivity index (χ0n) is 12.1. The van der Waals surface area contributed by atoms with E-state index in [2.05, 4.69) is 15.1 Å². The predicted octanol–water partition coefficient (Wildman–Crippen LogP) is 4.67. The van der Waals surface area contributed by atoms with Gasteiger partial charge in [-0.3, -0.25) is 4.98 Å². The lowest BCUT2D eigenvalue weighted by Gasteiger charge is -1.99. The van der Waals surface area contributed by atoms with E-state index in [1.54, 1.807) is 29.2 Å². The van der Waals surface area contributed by atoms with Gasteiger partial charge >= 0.3 is 0 Å². The van der Waals surface area contributed by atoms with Gasteiger partial charge in [-0.25, -0.2) is 9.67 Å². The average molecular weight is 363 g/mol. The summed E-state index contributed by atoms with van der Waals surface area (Å²) in [4.78, 5) is 9.54. The minimum atomic E-state index is 0.477. The number of hydrogen-bond acceptors (Lipinski definition) is 4. The van der Waals surface area contributed by atoms with E-state index in [0.29, 0.717) is 10.0 Å². The summed E-state index contributed by atoms with van der Waals surface area (Å²) in [7, 11) is 0. The lowest BCUT2D eigenvalue weighted by Crippen LogP contribution is -2.11. The number of aromatic nitrogens is 2. The highest BCUT2D eigenvalue weighted by molar-refractivity contribution is 7.07. The van der Waals surface area contributed by atoms with Crippen LogP contribution in [0.1, 0.15) is 11.4 Å². The molecule has 0 fully saturated rings. The molecule has 0 spiro atoms. The van der Waals surface area contributed by atoms with Crippen LogP contribution in [0.15, 0.2) is 58.1 Å². The monoisotopic (exact) mass is 362 g/mol. The van der Waals surface area contributed by atoms with Gasteiger partial charge in [0.2, 0.25) is 4.80 Å². The van der Waals surface area contributed by atoms with Crippen LogP contribution in [-0.4, -0.2) is 15.9 Å². The van der Waals surface area contributed by atoms with Gasteiger partial charge in [-0.05, 0) is 37.3 Å². The Hall–Kier alpha value is -1.95. The van der Waals surface area contributed by atoms with Crippen molar-refractivity contribution in [1.82, 2.24) is 9.66 Å². The molecular formula is C16H12Cl2N4S. The summed E-state index contributed by atoms with van der Waals surface area (Å²) in [6.07, 6.45) is 3.43. The molecule has 23 heavy (non-hydrogen) atoms. The Morgan fingerprint density at radius 3 is 2.78 bits per heavy atom. The predicted molar refractivity (Wildman–Crippen MR) is 96.0 cm³/mol. The van der Waals surface area contributed by atoms with Crippen molar-refractivity contribution in [3.63, 3.8) is 0 Å². The Morgan fingerprint density at radius 2 is 2.04 bits per heavy atom. The van der Waals surface area contributed by atoms with Crippen molar-refractivity contribution in [1.29, 1.82) is 0 Å². The van der Waals surface area contributed by atoms with E-state index in [-0.39, 0.29) is 0 Å². The van der Waals surface area contributed by atoms with Gasteiger partial charge in [0, 0.05) is 11.6 Å². The van der Waals surface area contributed by atoms with Crippen LogP contribution in [0, 0.1) is 6.92 Å². The number of hydrogen-bond donors (Lipinski definition) is 0. The Kier molecular flexibility index (Phi) is 4.91. The van der Waals surface area contributed by atoms with Gasteiger partial charge < -0.3 is 0 Å². The highest BCUT2D eigenvalue weighted by Crippen LogP contribution is 2.26. The maximum Gasteiger partial charge on any atom is 0.211 e. The number of rotatable bonds is 3. The molecule has 3 aromatic rings. The molecule has 2 aromatic heterocycles. The molecule has 0 aliphatic heterocycles. The zero-order chi connectivity index (χ0) is 16.2. The fraction of sp³-hybridized carbons (Fsp3) is 0.0625. The fourth-order valence-electron chi connectivity index (χ4n) is 1.84. The van der Waals surface area contributed by atoms with Crippen molar-refractivity contribution in [2.24, 2.45) is 10.1 Å². The molecule has 7 heteroatoms. The first-order chi connectivity index (χ1) is 11.1. The van der Waals surface area contributed by atoms with Crippen molar-refractivity contribution >= 4 is 46.4 Å². The minimum Gasteiger partial charge on any atom is -0.255 e. The third kappa shape index (κ3) is 3.88. The Bertz CT molecular complexity index is 913. The molecule has 2 heterocycles. The highest BCUT2D eigenvalue weighted by atomic mass is 35.5. The lowest BCUT2D eigenvalue weighted by molar-refractivity contribution is 0.809. The topological polar surface area (TPSA) is 42.5 Å². The molecule has 0 saturated heterocycles. The van der Waals surface area contributed by atoms with Gasteiger partial charge in [0.15, 0.2) is 0 Å². The highest BCUT2D eigenvalue weighted by Gasteiger charge is 2.02. The van der Waals surface area contributed by atoms with Gasteiger partial charge in [0.25, 0.3) is 0 Å². The molecule has 0 saturated carbocycles. The van der Waals surface area contributed by atoms with Crippen LogP contribution in [0.3, 0.4) is 0 Å². The number of halogens is 2. The first-order valence-corrected chi connectivity index (χ1v) is 8.39. The van der Waals surface area contributed by atoms with Crippen LogP contribution in [0.25, 0.3) is 0 Å². The standard InChI is InChI=1S/C16H12Cl2N4S/c1-11-10-23-16(21-12-5-6-14(17)15(18)8-12)22(11)20-9-13-4-2-3-7-19-13/h2-10H,1H3/b20-9-,21-16?. The molecule has 4 nitrogen and oxygen atoms in total. The summed E-state index contributed by atoms with van der Waals surface area (Å²) in [5.41, 5.74) is 2.50. The van der Waals surface area contributed by atoms with Gasteiger partial charge in [-0.15, -0.1) is 11.3 Å². The zero-order valence-corrected chi connectivity index (χ0v) is 14.5. The first-order valence-electron chi connectivity index (χ1n) is 6.76. The number of pyridine rings is 1. The normalized spacial score (nSPS) is 12.2. The lowest BCUT2D eigenvalue weighted by atomic mass is 10.3. The fourth-order valence-corrected chi connectivity index (χ4v) is 2.95. The summed E-state index contributed by atoms with van der Waals surface area (Å²) in [5.74, 6) is 0. The van der Waals surface area contributed by atoms with E-state index in [0.717, 1.165) is 21.9 Å². The van der Waals surface area contributed by atoms with E-state index in [9.17, 15) is 0 Å². The van der Waals surface area contributed by atoms with Gasteiger partial charge in [-0.2, -0.15) is 5.10 Å². The van der Waals surface area contributed by atoms with Gasteiger partial charge in [-0.1, -0.05) is 29.3 Å². The molecule has 0 unspecified atom stereocenters.